The predicted molar refractivity (Wildman–Crippen MR) is 84.0 cm³/mol. The number of benzene rings is 1. The summed E-state index contributed by atoms with van der Waals surface area (Å²) in [7, 11) is 0. The molecule has 2 N–H and O–H groups in total. The second kappa shape index (κ2) is 7.32. The summed E-state index contributed by atoms with van der Waals surface area (Å²) in [6.45, 7) is -0.326. The van der Waals surface area contributed by atoms with Crippen LogP contribution in [0.4, 0.5) is 28.4 Å². The van der Waals surface area contributed by atoms with Crippen LogP contribution in [0.1, 0.15) is 18.5 Å². The first-order valence-corrected chi connectivity index (χ1v) is 7.35. The molecular weight excluding hydrogens is 371 g/mol. The van der Waals surface area contributed by atoms with Crippen LogP contribution >= 0.6 is 0 Å². The molecule has 0 bridgehead atoms. The van der Waals surface area contributed by atoms with Crippen molar-refractivity contribution in [3.8, 4) is 6.07 Å². The van der Waals surface area contributed by atoms with E-state index < -0.39 is 35.7 Å². The van der Waals surface area contributed by atoms with E-state index in [-0.39, 0.29) is 22.5 Å². The van der Waals surface area contributed by atoms with Crippen molar-refractivity contribution < 1.29 is 27.7 Å². The number of nitrogens with one attached hydrogen (secondary N) is 2. The van der Waals surface area contributed by atoms with E-state index in [0.29, 0.717) is 4.90 Å². The molecule has 1 atom stereocenters. The van der Waals surface area contributed by atoms with Gasteiger partial charge in [0.25, 0.3) is 5.69 Å². The van der Waals surface area contributed by atoms with Crippen molar-refractivity contribution in [2.24, 2.45) is 0 Å². The molecule has 12 heteroatoms. The standard InChI is InChI=1S/C15H12F3N5O4/c1-8-11(6-19)12(9-3-2-4-10(5-9)23(26)27)22(14(25)21-8)13(24)20-7-15(16,17)18/h2-5,12H,7H2,1H3,(H,20,24)(H,21,25). The number of amides is 4. The number of hydrogen-bond acceptors (Lipinski definition) is 5. The van der Waals surface area contributed by atoms with Crippen molar-refractivity contribution >= 4 is 17.7 Å². The van der Waals surface area contributed by atoms with E-state index in [4.69, 9.17) is 0 Å². The Morgan fingerprint density at radius 3 is 2.70 bits per heavy atom. The topological polar surface area (TPSA) is 128 Å². The highest BCUT2D eigenvalue weighted by molar-refractivity contribution is 5.96. The maximum Gasteiger partial charge on any atom is 0.405 e. The number of rotatable bonds is 3. The van der Waals surface area contributed by atoms with Gasteiger partial charge in [-0.15, -0.1) is 0 Å². The van der Waals surface area contributed by atoms with E-state index in [1.807, 2.05) is 0 Å². The van der Waals surface area contributed by atoms with E-state index in [9.17, 15) is 38.1 Å². The first-order valence-electron chi connectivity index (χ1n) is 7.35. The third kappa shape index (κ3) is 4.32. The maximum absolute atomic E-state index is 12.4. The molecule has 9 nitrogen and oxygen atoms in total. The number of non-ortho nitro benzene ring substituents is 1. The lowest BCUT2D eigenvalue weighted by Gasteiger charge is -2.34. The van der Waals surface area contributed by atoms with E-state index in [1.54, 1.807) is 11.4 Å². The summed E-state index contributed by atoms with van der Waals surface area (Å²) < 4.78 is 37.1. The van der Waals surface area contributed by atoms with Gasteiger partial charge in [0.15, 0.2) is 0 Å². The largest absolute Gasteiger partial charge is 0.405 e. The average molecular weight is 383 g/mol. The highest BCUT2D eigenvalue weighted by Gasteiger charge is 2.40. The van der Waals surface area contributed by atoms with E-state index >= 15 is 0 Å². The SMILES string of the molecule is CC1=C(C#N)C(c2cccc([N+](=O)[O-])c2)N(C(=O)NCC(F)(F)F)C(=O)N1. The Hall–Kier alpha value is -3.62. The van der Waals surface area contributed by atoms with Gasteiger partial charge in [-0.3, -0.25) is 10.1 Å². The van der Waals surface area contributed by atoms with Gasteiger partial charge in [-0.1, -0.05) is 12.1 Å². The van der Waals surface area contributed by atoms with Gasteiger partial charge in [0.05, 0.1) is 16.6 Å². The van der Waals surface area contributed by atoms with Crippen molar-refractivity contribution in [2.75, 3.05) is 6.54 Å². The third-order valence-corrected chi connectivity index (χ3v) is 3.62. The second-order valence-electron chi connectivity index (χ2n) is 5.48. The number of nitro benzene ring substituents is 1. The minimum Gasteiger partial charge on any atom is -0.328 e. The molecule has 0 saturated heterocycles. The maximum atomic E-state index is 12.4. The Balaban J connectivity index is 2.52. The summed E-state index contributed by atoms with van der Waals surface area (Å²) in [5, 5.41) is 24.1. The zero-order valence-corrected chi connectivity index (χ0v) is 13.7. The molecule has 27 heavy (non-hydrogen) atoms. The molecule has 0 aromatic heterocycles. The van der Waals surface area contributed by atoms with Crippen LogP contribution in [0.25, 0.3) is 0 Å². The van der Waals surface area contributed by atoms with E-state index in [2.05, 4.69) is 5.32 Å². The second-order valence-corrected chi connectivity index (χ2v) is 5.48. The highest BCUT2D eigenvalue weighted by atomic mass is 19.4. The number of halogens is 3. The number of carbonyl (C=O) groups excluding carboxylic acids is 2. The van der Waals surface area contributed by atoms with Crippen LogP contribution in [-0.4, -0.2) is 34.6 Å². The van der Waals surface area contributed by atoms with Crippen molar-refractivity contribution in [3.05, 3.63) is 51.2 Å². The summed E-state index contributed by atoms with van der Waals surface area (Å²) in [5.41, 5.74) is -0.405. The van der Waals surface area contributed by atoms with Gasteiger partial charge >= 0.3 is 18.2 Å². The zero-order chi connectivity index (χ0) is 20.4. The minimum absolute atomic E-state index is 0.0251. The molecule has 1 aromatic rings. The average Bonchev–Trinajstić information content (AvgIpc) is 2.58. The molecule has 1 aliphatic heterocycles. The normalized spacial score (nSPS) is 17.2. The Kier molecular flexibility index (Phi) is 5.34. The number of hydrogen-bond donors (Lipinski definition) is 2. The smallest absolute Gasteiger partial charge is 0.328 e. The van der Waals surface area contributed by atoms with Crippen LogP contribution in [0.3, 0.4) is 0 Å². The van der Waals surface area contributed by atoms with E-state index in [1.165, 1.54) is 19.1 Å². The lowest BCUT2D eigenvalue weighted by atomic mass is 9.94. The molecule has 142 valence electrons. The summed E-state index contributed by atoms with van der Waals surface area (Å²) in [5.74, 6) is 0. The molecule has 1 heterocycles. The highest BCUT2D eigenvalue weighted by Crippen LogP contribution is 2.34. The van der Waals surface area contributed by atoms with Crippen molar-refractivity contribution in [1.29, 1.82) is 5.26 Å². The number of alkyl halides is 3. The minimum atomic E-state index is -4.72. The molecule has 2 rings (SSSR count). The van der Waals surface area contributed by atoms with Crippen molar-refractivity contribution in [1.82, 2.24) is 15.5 Å². The number of urea groups is 2. The number of nitrogens with zero attached hydrogens (tertiary/aromatic N) is 3. The zero-order valence-electron chi connectivity index (χ0n) is 13.7. The van der Waals surface area contributed by atoms with Crippen LogP contribution in [0.5, 0.6) is 0 Å². The van der Waals surface area contributed by atoms with Crippen molar-refractivity contribution in [2.45, 2.75) is 19.1 Å². The fourth-order valence-corrected chi connectivity index (χ4v) is 2.48. The van der Waals surface area contributed by atoms with Gasteiger partial charge in [0, 0.05) is 17.8 Å². The monoisotopic (exact) mass is 383 g/mol. The first-order chi connectivity index (χ1) is 12.5. The number of imide groups is 1. The number of nitro groups is 1. The predicted octanol–water partition coefficient (Wildman–Crippen LogP) is 2.73. The molecule has 1 aliphatic rings. The first kappa shape index (κ1) is 19.7. The van der Waals surface area contributed by atoms with Crippen LogP contribution in [0, 0.1) is 21.4 Å². The lowest BCUT2D eigenvalue weighted by Crippen LogP contribution is -2.54. The van der Waals surface area contributed by atoms with Crippen LogP contribution in [0.15, 0.2) is 35.5 Å². The van der Waals surface area contributed by atoms with Gasteiger partial charge in [-0.05, 0) is 12.5 Å². The number of allylic oxidation sites excluding steroid dienone is 1. The molecule has 4 amide bonds. The Morgan fingerprint density at radius 1 is 1.48 bits per heavy atom. The van der Waals surface area contributed by atoms with Gasteiger partial charge in [-0.2, -0.15) is 18.4 Å². The molecule has 0 fully saturated rings. The van der Waals surface area contributed by atoms with E-state index in [0.717, 1.165) is 12.1 Å². The molecule has 0 aliphatic carbocycles. The number of carbonyl (C=O) groups is 2. The Bertz CT molecular complexity index is 875. The Morgan fingerprint density at radius 2 is 2.15 bits per heavy atom. The fraction of sp³-hybridized carbons (Fsp3) is 0.267. The quantitative estimate of drug-likeness (QED) is 0.613. The van der Waals surface area contributed by atoms with Gasteiger partial charge in [0.1, 0.15) is 12.6 Å². The van der Waals surface area contributed by atoms with Crippen LogP contribution in [-0.2, 0) is 0 Å². The molecule has 1 aromatic carbocycles. The molecule has 0 saturated carbocycles. The molecule has 0 spiro atoms. The Labute approximate surface area is 150 Å². The molecule has 0 radical (unpaired) electrons. The van der Waals surface area contributed by atoms with Gasteiger partial charge in [-0.25, -0.2) is 14.5 Å². The van der Waals surface area contributed by atoms with Crippen LogP contribution < -0.4 is 10.6 Å². The summed E-state index contributed by atoms with van der Waals surface area (Å²) >= 11 is 0. The third-order valence-electron chi connectivity index (χ3n) is 3.62. The fourth-order valence-electron chi connectivity index (χ4n) is 2.48. The summed E-state index contributed by atoms with van der Waals surface area (Å²) in [6, 6.07) is 2.69. The lowest BCUT2D eigenvalue weighted by molar-refractivity contribution is -0.384. The van der Waals surface area contributed by atoms with Gasteiger partial charge in [0.2, 0.25) is 0 Å². The van der Waals surface area contributed by atoms with Crippen molar-refractivity contribution in [3.63, 3.8) is 0 Å². The number of nitriles is 1. The van der Waals surface area contributed by atoms with Gasteiger partial charge < -0.3 is 10.6 Å². The molecule has 1 unspecified atom stereocenters. The summed E-state index contributed by atoms with van der Waals surface area (Å²) in [6.07, 6.45) is -4.72. The molecular formula is C15H12F3N5O4. The van der Waals surface area contributed by atoms with Crippen LogP contribution in [0.2, 0.25) is 0 Å². The summed E-state index contributed by atoms with van der Waals surface area (Å²) in [4.78, 5) is 35.1.